The molecule has 0 unspecified atom stereocenters. The van der Waals surface area contributed by atoms with Crippen LogP contribution >= 0.6 is 0 Å². The number of nitrogens with two attached hydrogens (primary N) is 1. The number of ether oxygens (including phenoxy) is 1. The van der Waals surface area contributed by atoms with Crippen LogP contribution < -0.4 is 10.1 Å². The average molecular weight is 300 g/mol. The molecule has 0 amide bonds. The lowest BCUT2D eigenvalue weighted by molar-refractivity contribution is -0.717. The van der Waals surface area contributed by atoms with Crippen molar-refractivity contribution >= 4 is 0 Å². The maximum absolute atomic E-state index is 5.25. The van der Waals surface area contributed by atoms with E-state index >= 15 is 0 Å². The van der Waals surface area contributed by atoms with Gasteiger partial charge in [0.2, 0.25) is 0 Å². The van der Waals surface area contributed by atoms with Crippen molar-refractivity contribution in [1.29, 1.82) is 0 Å². The van der Waals surface area contributed by atoms with E-state index in [1.54, 1.807) is 26.4 Å². The Morgan fingerprint density at radius 2 is 1.59 bits per heavy atom. The highest BCUT2D eigenvalue weighted by molar-refractivity contribution is 5.26. The highest BCUT2D eigenvalue weighted by Crippen LogP contribution is 2.60. The van der Waals surface area contributed by atoms with Crippen molar-refractivity contribution in [2.24, 2.45) is 23.2 Å². The summed E-state index contributed by atoms with van der Waals surface area (Å²) >= 11 is 0. The minimum atomic E-state index is 0.654. The first-order valence-electron chi connectivity index (χ1n) is 9.13. The zero-order valence-electron chi connectivity index (χ0n) is 14.1. The molecule has 5 rings (SSSR count). The molecule has 1 atom stereocenters. The Bertz CT molecular complexity index is 486. The number of methoxy groups -OCH3 is 1. The van der Waals surface area contributed by atoms with E-state index in [-0.39, 0.29) is 0 Å². The summed E-state index contributed by atoms with van der Waals surface area (Å²) in [6, 6.07) is 9.35. The summed E-state index contributed by atoms with van der Waals surface area (Å²) in [5.41, 5.74) is 2.07. The van der Waals surface area contributed by atoms with E-state index in [9.17, 15) is 0 Å². The lowest BCUT2D eigenvalue weighted by Gasteiger charge is -2.57. The van der Waals surface area contributed by atoms with Crippen molar-refractivity contribution in [3.05, 3.63) is 29.8 Å². The molecule has 4 saturated carbocycles. The minimum Gasteiger partial charge on any atom is -0.497 e. The topological polar surface area (TPSA) is 25.8 Å². The minimum absolute atomic E-state index is 0.654. The monoisotopic (exact) mass is 300 g/mol. The third kappa shape index (κ3) is 2.56. The van der Waals surface area contributed by atoms with E-state index in [1.807, 2.05) is 0 Å². The van der Waals surface area contributed by atoms with Crippen LogP contribution in [-0.2, 0) is 6.54 Å². The molecule has 0 aliphatic heterocycles. The maximum Gasteiger partial charge on any atom is 0.118 e. The van der Waals surface area contributed by atoms with E-state index in [0.717, 1.165) is 36.1 Å². The van der Waals surface area contributed by atoms with Crippen molar-refractivity contribution in [2.45, 2.75) is 58.0 Å². The Morgan fingerprint density at radius 1 is 1.05 bits per heavy atom. The van der Waals surface area contributed by atoms with Crippen molar-refractivity contribution in [1.82, 2.24) is 0 Å². The largest absolute Gasteiger partial charge is 0.497 e. The van der Waals surface area contributed by atoms with Gasteiger partial charge >= 0.3 is 0 Å². The second-order valence-electron chi connectivity index (χ2n) is 8.36. The maximum atomic E-state index is 5.25. The van der Waals surface area contributed by atoms with Gasteiger partial charge < -0.3 is 10.1 Å². The summed E-state index contributed by atoms with van der Waals surface area (Å²) in [4.78, 5) is 0. The summed E-state index contributed by atoms with van der Waals surface area (Å²) in [7, 11) is 1.73. The highest BCUT2D eigenvalue weighted by atomic mass is 16.5. The van der Waals surface area contributed by atoms with Crippen LogP contribution in [0.4, 0.5) is 0 Å². The van der Waals surface area contributed by atoms with Gasteiger partial charge in [0.15, 0.2) is 0 Å². The molecule has 2 nitrogen and oxygen atoms in total. The summed E-state index contributed by atoms with van der Waals surface area (Å²) < 4.78 is 5.25. The molecule has 0 spiro atoms. The van der Waals surface area contributed by atoms with Gasteiger partial charge in [-0.3, -0.25) is 0 Å². The number of hydrogen-bond donors (Lipinski definition) is 1. The van der Waals surface area contributed by atoms with Gasteiger partial charge in [0.25, 0.3) is 0 Å². The molecule has 120 valence electrons. The fourth-order valence-electron chi connectivity index (χ4n) is 6.06. The Kier molecular flexibility index (Phi) is 3.68. The molecular weight excluding hydrogens is 270 g/mol. The van der Waals surface area contributed by atoms with Gasteiger partial charge in [0.1, 0.15) is 12.3 Å². The van der Waals surface area contributed by atoms with Crippen molar-refractivity contribution in [3.8, 4) is 5.75 Å². The lowest BCUT2D eigenvalue weighted by atomic mass is 9.48. The van der Waals surface area contributed by atoms with Gasteiger partial charge in [-0.05, 0) is 87.5 Å². The molecular formula is C20H30NO+. The molecule has 1 aromatic carbocycles. The second-order valence-corrected chi connectivity index (χ2v) is 8.36. The van der Waals surface area contributed by atoms with Crippen molar-refractivity contribution in [2.75, 3.05) is 7.11 Å². The molecule has 1 aromatic rings. The molecule has 0 heterocycles. The van der Waals surface area contributed by atoms with E-state index in [0.29, 0.717) is 5.41 Å². The Hall–Kier alpha value is -1.02. The molecule has 0 aromatic heterocycles. The van der Waals surface area contributed by atoms with Gasteiger partial charge in [0, 0.05) is 11.0 Å². The fraction of sp³-hybridized carbons (Fsp3) is 0.700. The molecule has 0 radical (unpaired) electrons. The highest BCUT2D eigenvalue weighted by Gasteiger charge is 2.54. The molecule has 4 bridgehead atoms. The van der Waals surface area contributed by atoms with Crippen LogP contribution in [-0.4, -0.2) is 13.2 Å². The molecule has 2 N–H and O–H groups in total. The molecule has 4 aliphatic carbocycles. The average Bonchev–Trinajstić information content (AvgIpc) is 2.51. The van der Waals surface area contributed by atoms with Crippen LogP contribution in [0.25, 0.3) is 0 Å². The van der Waals surface area contributed by atoms with Crippen LogP contribution in [0.3, 0.4) is 0 Å². The molecule has 4 fully saturated rings. The van der Waals surface area contributed by atoms with Gasteiger partial charge in [-0.2, -0.15) is 0 Å². The van der Waals surface area contributed by atoms with Crippen LogP contribution in [0.1, 0.15) is 51.0 Å². The van der Waals surface area contributed by atoms with Gasteiger partial charge in [-0.1, -0.05) is 0 Å². The number of quaternary nitrogens is 1. The number of hydrogen-bond acceptors (Lipinski definition) is 1. The zero-order chi connectivity index (χ0) is 15.2. The molecule has 22 heavy (non-hydrogen) atoms. The quantitative estimate of drug-likeness (QED) is 0.886. The third-order valence-electron chi connectivity index (χ3n) is 6.92. The number of rotatable bonds is 5. The standard InChI is InChI=1S/C20H29NO/c1-14(21-13-15-3-5-19(22-2)6-4-15)20-10-16-7-17(11-20)9-18(8-16)12-20/h3-6,14,16-18,21H,7-13H2,1-2H3/p+1/t14-,16?,17?,18?,20?/m1/s1. The van der Waals surface area contributed by atoms with E-state index in [1.165, 1.54) is 24.8 Å². The van der Waals surface area contributed by atoms with Gasteiger partial charge in [-0.25, -0.2) is 0 Å². The van der Waals surface area contributed by atoms with Crippen LogP contribution in [0.15, 0.2) is 24.3 Å². The number of benzene rings is 1. The first-order valence-corrected chi connectivity index (χ1v) is 9.13. The van der Waals surface area contributed by atoms with E-state index in [4.69, 9.17) is 4.74 Å². The Labute approximate surface area is 134 Å². The van der Waals surface area contributed by atoms with Crippen molar-refractivity contribution < 1.29 is 10.1 Å². The second kappa shape index (κ2) is 5.56. The SMILES string of the molecule is COc1ccc(C[NH2+][C@H](C)C23CC4CC(CC(C4)C2)C3)cc1. The third-order valence-corrected chi connectivity index (χ3v) is 6.92. The first kappa shape index (κ1) is 14.6. The van der Waals surface area contributed by atoms with E-state index < -0.39 is 0 Å². The molecule has 2 heteroatoms. The smallest absolute Gasteiger partial charge is 0.118 e. The Balaban J connectivity index is 1.40. The molecule has 0 saturated heterocycles. The van der Waals surface area contributed by atoms with E-state index in [2.05, 4.69) is 36.5 Å². The first-order chi connectivity index (χ1) is 10.7. The normalized spacial score (nSPS) is 37.3. The summed E-state index contributed by atoms with van der Waals surface area (Å²) in [5.74, 6) is 4.13. The Morgan fingerprint density at radius 3 is 2.09 bits per heavy atom. The van der Waals surface area contributed by atoms with Gasteiger partial charge in [0.05, 0.1) is 13.2 Å². The predicted molar refractivity (Wildman–Crippen MR) is 88.7 cm³/mol. The lowest BCUT2D eigenvalue weighted by Crippen LogP contribution is -2.91. The fourth-order valence-corrected chi connectivity index (χ4v) is 6.06. The van der Waals surface area contributed by atoms with Crippen molar-refractivity contribution in [3.63, 3.8) is 0 Å². The summed E-state index contributed by atoms with van der Waals surface area (Å²) in [5, 5.41) is 2.61. The van der Waals surface area contributed by atoms with Crippen LogP contribution in [0.2, 0.25) is 0 Å². The van der Waals surface area contributed by atoms with Gasteiger partial charge in [-0.15, -0.1) is 0 Å². The van der Waals surface area contributed by atoms with Crippen LogP contribution in [0, 0.1) is 23.2 Å². The summed E-state index contributed by atoms with van der Waals surface area (Å²) in [6.45, 7) is 3.60. The predicted octanol–water partition coefficient (Wildman–Crippen LogP) is 3.36. The van der Waals surface area contributed by atoms with Crippen LogP contribution in [0.5, 0.6) is 5.75 Å². The zero-order valence-corrected chi connectivity index (χ0v) is 14.1. The summed E-state index contributed by atoms with van der Waals surface area (Å²) in [6.07, 6.45) is 9.18. The molecule has 4 aliphatic rings.